The third-order valence-corrected chi connectivity index (χ3v) is 4.09. The third kappa shape index (κ3) is 5.85. The molecule has 1 unspecified atom stereocenters. The van der Waals surface area contributed by atoms with E-state index in [4.69, 9.17) is 0 Å². The van der Waals surface area contributed by atoms with Crippen LogP contribution in [0, 0.1) is 5.41 Å². The molecule has 2 amide bonds. The number of nitrogens with one attached hydrogen (secondary N) is 2. The van der Waals surface area contributed by atoms with E-state index in [-0.39, 0.29) is 17.6 Å². The summed E-state index contributed by atoms with van der Waals surface area (Å²) in [5.74, 6) is 0. The van der Waals surface area contributed by atoms with Crippen molar-refractivity contribution in [2.75, 3.05) is 13.1 Å². The molecule has 0 aliphatic heterocycles. The Balaban J connectivity index is 1.75. The predicted molar refractivity (Wildman–Crippen MR) is 99.1 cm³/mol. The molecule has 0 radical (unpaired) electrons. The molecular weight excluding hydrogens is 300 g/mol. The second kappa shape index (κ2) is 8.15. The summed E-state index contributed by atoms with van der Waals surface area (Å²) in [6.45, 7) is 6.98. The average molecular weight is 328 g/mol. The standard InChI is InChI=1S/C20H28N2O2/c1-15(23)13-20(2,3)14-22-19(24)21-11-10-16-8-9-17-6-4-5-7-18(17)12-16/h4-9,12,15,23H,10-11,13-14H2,1-3H3,(H2,21,22,24). The Morgan fingerprint density at radius 2 is 1.83 bits per heavy atom. The fourth-order valence-corrected chi connectivity index (χ4v) is 2.97. The fourth-order valence-electron chi connectivity index (χ4n) is 2.97. The van der Waals surface area contributed by atoms with Crippen LogP contribution in [-0.4, -0.2) is 30.3 Å². The number of carbonyl (C=O) groups excluding carboxylic acids is 1. The van der Waals surface area contributed by atoms with E-state index in [0.29, 0.717) is 19.5 Å². The van der Waals surface area contributed by atoms with Crippen molar-refractivity contribution in [2.45, 2.75) is 39.7 Å². The van der Waals surface area contributed by atoms with Gasteiger partial charge in [0.05, 0.1) is 6.10 Å². The van der Waals surface area contributed by atoms with Crippen molar-refractivity contribution in [2.24, 2.45) is 5.41 Å². The summed E-state index contributed by atoms with van der Waals surface area (Å²) in [4.78, 5) is 11.9. The Hall–Kier alpha value is -2.07. The van der Waals surface area contributed by atoms with Gasteiger partial charge in [0.25, 0.3) is 0 Å². The molecule has 1 atom stereocenters. The second-order valence-electron chi connectivity index (χ2n) is 7.26. The van der Waals surface area contributed by atoms with E-state index in [1.807, 2.05) is 26.0 Å². The van der Waals surface area contributed by atoms with Gasteiger partial charge in [0.1, 0.15) is 0 Å². The van der Waals surface area contributed by atoms with Gasteiger partial charge < -0.3 is 15.7 Å². The maximum atomic E-state index is 11.9. The van der Waals surface area contributed by atoms with Crippen molar-refractivity contribution in [3.8, 4) is 0 Å². The number of benzene rings is 2. The molecule has 0 heterocycles. The zero-order chi connectivity index (χ0) is 17.6. The van der Waals surface area contributed by atoms with Gasteiger partial charge in [-0.1, -0.05) is 56.3 Å². The molecule has 0 saturated heterocycles. The molecule has 24 heavy (non-hydrogen) atoms. The van der Waals surface area contributed by atoms with Crippen LogP contribution < -0.4 is 10.6 Å². The van der Waals surface area contributed by atoms with Crippen LogP contribution in [-0.2, 0) is 6.42 Å². The lowest BCUT2D eigenvalue weighted by atomic mass is 9.87. The normalized spacial score (nSPS) is 12.8. The lowest BCUT2D eigenvalue weighted by molar-refractivity contribution is 0.129. The summed E-state index contributed by atoms with van der Waals surface area (Å²) >= 11 is 0. The molecule has 4 nitrogen and oxygen atoms in total. The van der Waals surface area contributed by atoms with Gasteiger partial charge in [0.2, 0.25) is 0 Å². The van der Waals surface area contributed by atoms with Crippen LogP contribution in [0.15, 0.2) is 42.5 Å². The molecular formula is C20H28N2O2. The molecule has 130 valence electrons. The van der Waals surface area contributed by atoms with Crippen molar-refractivity contribution < 1.29 is 9.90 Å². The average Bonchev–Trinajstić information content (AvgIpc) is 2.52. The molecule has 0 aromatic heterocycles. The first kappa shape index (κ1) is 18.3. The number of rotatable bonds is 7. The molecule has 4 heteroatoms. The number of hydrogen-bond acceptors (Lipinski definition) is 2. The smallest absolute Gasteiger partial charge is 0.314 e. The summed E-state index contributed by atoms with van der Waals surface area (Å²) < 4.78 is 0. The molecule has 0 fully saturated rings. The second-order valence-corrected chi connectivity index (χ2v) is 7.26. The minimum atomic E-state index is -0.363. The van der Waals surface area contributed by atoms with Crippen LogP contribution in [0.4, 0.5) is 4.79 Å². The lowest BCUT2D eigenvalue weighted by Crippen LogP contribution is -2.42. The maximum Gasteiger partial charge on any atom is 0.314 e. The third-order valence-electron chi connectivity index (χ3n) is 4.09. The fraction of sp³-hybridized carbons (Fsp3) is 0.450. The van der Waals surface area contributed by atoms with Crippen molar-refractivity contribution in [3.63, 3.8) is 0 Å². The number of hydrogen-bond donors (Lipinski definition) is 3. The SMILES string of the molecule is CC(O)CC(C)(C)CNC(=O)NCCc1ccc2ccccc2c1. The minimum Gasteiger partial charge on any atom is -0.393 e. The van der Waals surface area contributed by atoms with Gasteiger partial charge in [-0.25, -0.2) is 4.79 Å². The molecule has 0 aliphatic carbocycles. The van der Waals surface area contributed by atoms with Gasteiger partial charge in [-0.3, -0.25) is 0 Å². The Morgan fingerprint density at radius 1 is 1.12 bits per heavy atom. The van der Waals surface area contributed by atoms with E-state index in [9.17, 15) is 9.90 Å². The van der Waals surface area contributed by atoms with Gasteiger partial charge in [-0.15, -0.1) is 0 Å². The van der Waals surface area contributed by atoms with Crippen molar-refractivity contribution in [1.82, 2.24) is 10.6 Å². The zero-order valence-electron chi connectivity index (χ0n) is 14.8. The molecule has 2 aromatic carbocycles. The minimum absolute atomic E-state index is 0.121. The summed E-state index contributed by atoms with van der Waals surface area (Å²) in [5, 5.41) is 17.7. The first-order chi connectivity index (χ1) is 11.4. The highest BCUT2D eigenvalue weighted by Crippen LogP contribution is 2.21. The number of amides is 2. The number of aliphatic hydroxyl groups is 1. The molecule has 0 saturated carbocycles. The molecule has 2 aromatic rings. The maximum absolute atomic E-state index is 11.9. The molecule has 2 rings (SSSR count). The summed E-state index contributed by atoms with van der Waals surface area (Å²) in [7, 11) is 0. The Bertz CT molecular complexity index is 680. The van der Waals surface area contributed by atoms with E-state index >= 15 is 0 Å². The van der Waals surface area contributed by atoms with Gasteiger partial charge in [-0.2, -0.15) is 0 Å². The van der Waals surface area contributed by atoms with Gasteiger partial charge in [0, 0.05) is 13.1 Å². The topological polar surface area (TPSA) is 61.4 Å². The van der Waals surface area contributed by atoms with E-state index in [1.54, 1.807) is 6.92 Å². The molecule has 0 aliphatic rings. The van der Waals surface area contributed by atoms with Crippen molar-refractivity contribution >= 4 is 16.8 Å². The van der Waals surface area contributed by atoms with Crippen LogP contribution in [0.5, 0.6) is 0 Å². The van der Waals surface area contributed by atoms with E-state index in [1.165, 1.54) is 16.3 Å². The van der Waals surface area contributed by atoms with E-state index in [0.717, 1.165) is 6.42 Å². The zero-order valence-corrected chi connectivity index (χ0v) is 14.8. The van der Waals surface area contributed by atoms with E-state index in [2.05, 4.69) is 41.0 Å². The monoisotopic (exact) mass is 328 g/mol. The molecule has 0 bridgehead atoms. The Labute approximate surface area is 144 Å². The lowest BCUT2D eigenvalue weighted by Gasteiger charge is -2.26. The van der Waals surface area contributed by atoms with Crippen molar-refractivity contribution in [3.05, 3.63) is 48.0 Å². The van der Waals surface area contributed by atoms with Crippen LogP contribution in [0.3, 0.4) is 0 Å². The number of aliphatic hydroxyl groups excluding tert-OH is 1. The van der Waals surface area contributed by atoms with Crippen LogP contribution in [0.25, 0.3) is 10.8 Å². The van der Waals surface area contributed by atoms with Crippen LogP contribution >= 0.6 is 0 Å². The number of fused-ring (bicyclic) bond motifs is 1. The summed E-state index contributed by atoms with van der Waals surface area (Å²) in [6.07, 6.45) is 1.09. The highest BCUT2D eigenvalue weighted by Gasteiger charge is 2.20. The first-order valence-electron chi connectivity index (χ1n) is 8.53. The largest absolute Gasteiger partial charge is 0.393 e. The predicted octanol–water partition coefficient (Wildman–Crippen LogP) is 3.48. The summed E-state index contributed by atoms with van der Waals surface area (Å²) in [5.41, 5.74) is 1.09. The summed E-state index contributed by atoms with van der Waals surface area (Å²) in [6, 6.07) is 14.5. The highest BCUT2D eigenvalue weighted by molar-refractivity contribution is 5.83. The van der Waals surface area contributed by atoms with Gasteiger partial charge in [-0.05, 0) is 41.5 Å². The number of urea groups is 1. The van der Waals surface area contributed by atoms with Crippen molar-refractivity contribution in [1.29, 1.82) is 0 Å². The molecule has 3 N–H and O–H groups in total. The Morgan fingerprint density at radius 3 is 2.54 bits per heavy atom. The van der Waals surface area contributed by atoms with Gasteiger partial charge >= 0.3 is 6.03 Å². The van der Waals surface area contributed by atoms with Crippen LogP contribution in [0.2, 0.25) is 0 Å². The number of carbonyl (C=O) groups is 1. The highest BCUT2D eigenvalue weighted by atomic mass is 16.3. The Kier molecular flexibility index (Phi) is 6.21. The quantitative estimate of drug-likeness (QED) is 0.729. The van der Waals surface area contributed by atoms with Crippen LogP contribution in [0.1, 0.15) is 32.8 Å². The van der Waals surface area contributed by atoms with Gasteiger partial charge in [0.15, 0.2) is 0 Å². The molecule has 0 spiro atoms. The first-order valence-corrected chi connectivity index (χ1v) is 8.53. The van der Waals surface area contributed by atoms with E-state index < -0.39 is 0 Å².